The number of aliphatic hydroxyl groups excluding tert-OH is 1. The molecule has 1 nitrogen and oxygen atoms in total. The third-order valence-electron chi connectivity index (χ3n) is 1.42. The van der Waals surface area contributed by atoms with Gasteiger partial charge in [0.15, 0.2) is 0 Å². The topological polar surface area (TPSA) is 20.2 Å². The molecule has 3 heteroatoms. The molecule has 0 amide bonds. The minimum atomic E-state index is -1.10. The lowest BCUT2D eigenvalue weighted by Gasteiger charge is -2.06. The van der Waals surface area contributed by atoms with Crippen molar-refractivity contribution in [3.05, 3.63) is 35.4 Å². The molecule has 0 unspecified atom stereocenters. The van der Waals surface area contributed by atoms with Crippen molar-refractivity contribution >= 4 is 0 Å². The Morgan fingerprint density at radius 2 is 1.73 bits per heavy atom. The molecule has 1 N–H and O–H groups in total. The molecular formula is C8H8F2O. The lowest BCUT2D eigenvalue weighted by molar-refractivity contribution is 0.188. The second-order valence-electron chi connectivity index (χ2n) is 2.31. The second-order valence-corrected chi connectivity index (χ2v) is 2.31. The highest BCUT2D eigenvalue weighted by molar-refractivity contribution is 5.21. The standard InChI is InChI=1S/C8H8F2O/c1-5(11)8-6(9)3-2-4-7(8)10/h2-5,11H,1H3/t5-/m1/s1. The van der Waals surface area contributed by atoms with Gasteiger partial charge in [-0.25, -0.2) is 8.78 Å². The largest absolute Gasteiger partial charge is 0.388 e. The van der Waals surface area contributed by atoms with Gasteiger partial charge in [-0.2, -0.15) is 0 Å². The first-order valence-electron chi connectivity index (χ1n) is 3.25. The van der Waals surface area contributed by atoms with Crippen molar-refractivity contribution in [1.29, 1.82) is 0 Å². The van der Waals surface area contributed by atoms with Crippen molar-refractivity contribution in [3.8, 4) is 0 Å². The van der Waals surface area contributed by atoms with Crippen LogP contribution in [-0.2, 0) is 0 Å². The van der Waals surface area contributed by atoms with Crippen LogP contribution in [0, 0.1) is 11.6 Å². The van der Waals surface area contributed by atoms with E-state index in [1.54, 1.807) is 0 Å². The molecule has 1 aromatic rings. The number of benzene rings is 1. The summed E-state index contributed by atoms with van der Waals surface area (Å²) in [6, 6.07) is 3.49. The Kier molecular flexibility index (Phi) is 2.19. The first-order valence-corrected chi connectivity index (χ1v) is 3.25. The highest BCUT2D eigenvalue weighted by Gasteiger charge is 2.12. The van der Waals surface area contributed by atoms with E-state index in [1.807, 2.05) is 0 Å². The molecular weight excluding hydrogens is 150 g/mol. The summed E-state index contributed by atoms with van der Waals surface area (Å²) in [5.41, 5.74) is -0.271. The van der Waals surface area contributed by atoms with E-state index >= 15 is 0 Å². The van der Waals surface area contributed by atoms with Gasteiger partial charge in [0.1, 0.15) is 11.6 Å². The molecule has 11 heavy (non-hydrogen) atoms. The third-order valence-corrected chi connectivity index (χ3v) is 1.42. The van der Waals surface area contributed by atoms with E-state index in [0.29, 0.717) is 0 Å². The molecule has 0 spiro atoms. The van der Waals surface area contributed by atoms with Gasteiger partial charge in [-0.3, -0.25) is 0 Å². The normalized spacial score (nSPS) is 13.1. The predicted molar refractivity (Wildman–Crippen MR) is 37.0 cm³/mol. The monoisotopic (exact) mass is 158 g/mol. The molecule has 1 atom stereocenters. The fourth-order valence-electron chi connectivity index (χ4n) is 0.910. The van der Waals surface area contributed by atoms with Gasteiger partial charge in [-0.05, 0) is 19.1 Å². The highest BCUT2D eigenvalue weighted by atomic mass is 19.1. The second kappa shape index (κ2) is 2.96. The van der Waals surface area contributed by atoms with Crippen LogP contribution in [0.25, 0.3) is 0 Å². The molecule has 0 heterocycles. The number of aliphatic hydroxyl groups is 1. The zero-order valence-corrected chi connectivity index (χ0v) is 6.01. The molecule has 1 aromatic carbocycles. The Bertz CT molecular complexity index is 238. The van der Waals surface area contributed by atoms with Crippen molar-refractivity contribution in [3.63, 3.8) is 0 Å². The van der Waals surface area contributed by atoms with Crippen LogP contribution in [0.5, 0.6) is 0 Å². The number of hydrogen-bond acceptors (Lipinski definition) is 1. The van der Waals surface area contributed by atoms with Crippen molar-refractivity contribution in [1.82, 2.24) is 0 Å². The SMILES string of the molecule is C[C@@H](O)c1c(F)cccc1F. The lowest BCUT2D eigenvalue weighted by Crippen LogP contribution is -1.99. The Labute approximate surface area is 63.3 Å². The van der Waals surface area contributed by atoms with Gasteiger partial charge in [0, 0.05) is 0 Å². The van der Waals surface area contributed by atoms with Crippen LogP contribution < -0.4 is 0 Å². The molecule has 0 aliphatic heterocycles. The molecule has 0 saturated heterocycles. The van der Waals surface area contributed by atoms with E-state index in [2.05, 4.69) is 0 Å². The smallest absolute Gasteiger partial charge is 0.131 e. The molecule has 0 saturated carbocycles. The highest BCUT2D eigenvalue weighted by Crippen LogP contribution is 2.19. The van der Waals surface area contributed by atoms with E-state index in [0.717, 1.165) is 12.1 Å². The van der Waals surface area contributed by atoms with E-state index in [1.165, 1.54) is 13.0 Å². The van der Waals surface area contributed by atoms with E-state index in [9.17, 15) is 8.78 Å². The van der Waals surface area contributed by atoms with Crippen LogP contribution in [0.15, 0.2) is 18.2 Å². The Balaban J connectivity index is 3.21. The van der Waals surface area contributed by atoms with E-state index in [4.69, 9.17) is 5.11 Å². The maximum Gasteiger partial charge on any atom is 0.131 e. The Morgan fingerprint density at radius 1 is 1.27 bits per heavy atom. The van der Waals surface area contributed by atoms with Crippen molar-refractivity contribution in [2.24, 2.45) is 0 Å². The zero-order valence-electron chi connectivity index (χ0n) is 6.01. The fourth-order valence-corrected chi connectivity index (χ4v) is 0.910. The lowest BCUT2D eigenvalue weighted by atomic mass is 10.1. The molecule has 0 fully saturated rings. The molecule has 0 aliphatic carbocycles. The van der Waals surface area contributed by atoms with Crippen molar-refractivity contribution in [2.75, 3.05) is 0 Å². The first kappa shape index (κ1) is 8.14. The minimum absolute atomic E-state index is 0.271. The van der Waals surface area contributed by atoms with Gasteiger partial charge in [-0.15, -0.1) is 0 Å². The quantitative estimate of drug-likeness (QED) is 0.662. The summed E-state index contributed by atoms with van der Waals surface area (Å²) in [7, 11) is 0. The van der Waals surface area contributed by atoms with Crippen LogP contribution >= 0.6 is 0 Å². The third kappa shape index (κ3) is 1.54. The summed E-state index contributed by atoms with van der Waals surface area (Å²) < 4.78 is 25.4. The minimum Gasteiger partial charge on any atom is -0.388 e. The molecule has 0 aromatic heterocycles. The summed E-state index contributed by atoms with van der Waals surface area (Å²) in [6.07, 6.45) is -1.10. The molecule has 1 rings (SSSR count). The fraction of sp³-hybridized carbons (Fsp3) is 0.250. The molecule has 60 valence electrons. The van der Waals surface area contributed by atoms with Crippen LogP contribution in [0.4, 0.5) is 8.78 Å². The molecule has 0 aliphatic rings. The Hall–Kier alpha value is -0.960. The zero-order chi connectivity index (χ0) is 8.43. The van der Waals surface area contributed by atoms with Gasteiger partial charge >= 0.3 is 0 Å². The van der Waals surface area contributed by atoms with Crippen LogP contribution in [0.2, 0.25) is 0 Å². The summed E-state index contributed by atoms with van der Waals surface area (Å²) in [6.45, 7) is 1.32. The number of hydrogen-bond donors (Lipinski definition) is 1. The molecule has 0 bridgehead atoms. The number of halogens is 2. The maximum atomic E-state index is 12.7. The van der Waals surface area contributed by atoms with Gasteiger partial charge < -0.3 is 5.11 Å². The van der Waals surface area contributed by atoms with Crippen LogP contribution in [0.3, 0.4) is 0 Å². The van der Waals surface area contributed by atoms with Gasteiger partial charge in [0.05, 0.1) is 11.7 Å². The summed E-state index contributed by atoms with van der Waals surface area (Å²) in [5, 5.41) is 8.91. The van der Waals surface area contributed by atoms with Gasteiger partial charge in [0.2, 0.25) is 0 Å². The van der Waals surface area contributed by atoms with Crippen LogP contribution in [-0.4, -0.2) is 5.11 Å². The average Bonchev–Trinajstić information content (AvgIpc) is 1.85. The average molecular weight is 158 g/mol. The van der Waals surface area contributed by atoms with Gasteiger partial charge in [0.25, 0.3) is 0 Å². The van der Waals surface area contributed by atoms with E-state index < -0.39 is 17.7 Å². The predicted octanol–water partition coefficient (Wildman–Crippen LogP) is 2.02. The summed E-state index contributed by atoms with van der Waals surface area (Å²) in [4.78, 5) is 0. The first-order chi connectivity index (χ1) is 5.13. The van der Waals surface area contributed by atoms with Crippen LogP contribution in [0.1, 0.15) is 18.6 Å². The maximum absolute atomic E-state index is 12.7. The summed E-state index contributed by atoms with van der Waals surface area (Å²) in [5.74, 6) is -1.42. The molecule has 0 radical (unpaired) electrons. The Morgan fingerprint density at radius 3 is 2.00 bits per heavy atom. The van der Waals surface area contributed by atoms with Crippen molar-refractivity contribution in [2.45, 2.75) is 13.0 Å². The van der Waals surface area contributed by atoms with E-state index in [-0.39, 0.29) is 5.56 Å². The van der Waals surface area contributed by atoms with Crippen molar-refractivity contribution < 1.29 is 13.9 Å². The summed E-state index contributed by atoms with van der Waals surface area (Å²) >= 11 is 0. The number of rotatable bonds is 1. The van der Waals surface area contributed by atoms with Gasteiger partial charge in [-0.1, -0.05) is 6.07 Å².